The van der Waals surface area contributed by atoms with Gasteiger partial charge in [-0.15, -0.1) is 24.8 Å². The van der Waals surface area contributed by atoms with Crippen LogP contribution in [0.1, 0.15) is 35.2 Å². The lowest BCUT2D eigenvalue weighted by molar-refractivity contribution is 0.00844. The number of nitrogens with zero attached hydrogens (tertiary/aromatic N) is 2. The van der Waals surface area contributed by atoms with E-state index in [-0.39, 0.29) is 36.8 Å². The number of carbonyl (C=O) groups is 1. The number of halogens is 2. The maximum absolute atomic E-state index is 12.7. The molecule has 1 amide bonds. The molecule has 0 saturated carbocycles. The van der Waals surface area contributed by atoms with E-state index in [1.807, 2.05) is 37.2 Å². The van der Waals surface area contributed by atoms with Crippen LogP contribution in [-0.2, 0) is 11.3 Å². The Bertz CT molecular complexity index is 507. The van der Waals surface area contributed by atoms with Crippen molar-refractivity contribution in [1.29, 1.82) is 0 Å². The molecule has 25 heavy (non-hydrogen) atoms. The van der Waals surface area contributed by atoms with Gasteiger partial charge in [-0.1, -0.05) is 12.1 Å². The molecule has 1 aromatic rings. The van der Waals surface area contributed by atoms with Crippen molar-refractivity contribution in [3.05, 3.63) is 35.4 Å². The summed E-state index contributed by atoms with van der Waals surface area (Å²) in [6.45, 7) is 3.77. The van der Waals surface area contributed by atoms with Crippen LogP contribution in [0.15, 0.2) is 24.3 Å². The van der Waals surface area contributed by atoms with Crippen LogP contribution in [-0.4, -0.2) is 62.1 Å². The number of amides is 1. The minimum atomic E-state index is 0. The highest BCUT2D eigenvalue weighted by molar-refractivity contribution is 5.94. The van der Waals surface area contributed by atoms with Crippen LogP contribution in [0.2, 0.25) is 0 Å². The van der Waals surface area contributed by atoms with E-state index in [1.54, 1.807) is 0 Å². The molecule has 0 bridgehead atoms. The van der Waals surface area contributed by atoms with Crippen molar-refractivity contribution in [2.75, 3.05) is 40.3 Å². The van der Waals surface area contributed by atoms with Crippen molar-refractivity contribution in [1.82, 2.24) is 9.80 Å². The topological polar surface area (TPSA) is 58.8 Å². The van der Waals surface area contributed by atoms with Gasteiger partial charge >= 0.3 is 0 Å². The zero-order valence-electron chi connectivity index (χ0n) is 15.1. The monoisotopic (exact) mass is 391 g/mol. The second-order valence-corrected chi connectivity index (χ2v) is 6.44. The number of nitrogens with two attached hydrogens (primary N) is 1. The maximum atomic E-state index is 12.7. The van der Waals surface area contributed by atoms with Crippen LogP contribution >= 0.6 is 24.8 Å². The van der Waals surface area contributed by atoms with Gasteiger partial charge in [0, 0.05) is 31.8 Å². The molecule has 1 aliphatic heterocycles. The summed E-state index contributed by atoms with van der Waals surface area (Å²) in [5.41, 5.74) is 7.43. The molecule has 0 atom stereocenters. The Morgan fingerprint density at radius 2 is 1.96 bits per heavy atom. The third kappa shape index (κ3) is 7.92. The van der Waals surface area contributed by atoms with Gasteiger partial charge in [-0.3, -0.25) is 4.79 Å². The number of rotatable bonds is 7. The van der Waals surface area contributed by atoms with Crippen molar-refractivity contribution >= 4 is 30.7 Å². The van der Waals surface area contributed by atoms with Gasteiger partial charge in [-0.2, -0.15) is 0 Å². The molecule has 5 nitrogen and oxygen atoms in total. The number of carbonyl (C=O) groups excluding carboxylic acids is 1. The van der Waals surface area contributed by atoms with E-state index in [1.165, 1.54) is 5.56 Å². The molecule has 0 unspecified atom stereocenters. The molecule has 2 N–H and O–H groups in total. The van der Waals surface area contributed by atoms with Crippen LogP contribution in [0.5, 0.6) is 0 Å². The van der Waals surface area contributed by atoms with Crippen LogP contribution in [0, 0.1) is 0 Å². The van der Waals surface area contributed by atoms with Crippen molar-refractivity contribution in [2.24, 2.45) is 5.73 Å². The molecule has 1 saturated heterocycles. The Balaban J connectivity index is 0.00000288. The number of piperidine rings is 1. The standard InChI is InChI=1S/C18H29N3O2.2ClH/c1-20(2)14-15-5-3-6-16(13-15)18(22)21-10-7-17(8-11-21)23-12-4-9-19;;/h3,5-6,13,17H,4,7-12,14,19H2,1-2H3;2*1H. The predicted molar refractivity (Wildman–Crippen MR) is 107 cm³/mol. The fourth-order valence-corrected chi connectivity index (χ4v) is 2.91. The zero-order valence-corrected chi connectivity index (χ0v) is 16.8. The van der Waals surface area contributed by atoms with E-state index < -0.39 is 0 Å². The molecule has 0 radical (unpaired) electrons. The molecule has 0 spiro atoms. The summed E-state index contributed by atoms with van der Waals surface area (Å²) in [5, 5.41) is 0. The van der Waals surface area contributed by atoms with Crippen molar-refractivity contribution in [3.8, 4) is 0 Å². The highest BCUT2D eigenvalue weighted by Gasteiger charge is 2.24. The second kappa shape index (κ2) is 12.5. The van der Waals surface area contributed by atoms with Crippen LogP contribution in [0.4, 0.5) is 0 Å². The molecule has 0 aliphatic carbocycles. The van der Waals surface area contributed by atoms with E-state index in [4.69, 9.17) is 10.5 Å². The van der Waals surface area contributed by atoms with Crippen molar-refractivity contribution in [3.63, 3.8) is 0 Å². The lowest BCUT2D eigenvalue weighted by Crippen LogP contribution is -2.41. The van der Waals surface area contributed by atoms with Gasteiger partial charge in [0.05, 0.1) is 6.10 Å². The molecule has 1 heterocycles. The molecule has 7 heteroatoms. The SMILES string of the molecule is CN(C)Cc1cccc(C(=O)N2CCC(OCCCN)CC2)c1.Cl.Cl. The summed E-state index contributed by atoms with van der Waals surface area (Å²) in [6.07, 6.45) is 2.99. The predicted octanol–water partition coefficient (Wildman–Crippen LogP) is 2.56. The average Bonchev–Trinajstić information content (AvgIpc) is 2.55. The Morgan fingerprint density at radius 3 is 2.56 bits per heavy atom. The normalized spacial score (nSPS) is 14.8. The van der Waals surface area contributed by atoms with Crippen molar-refractivity contribution in [2.45, 2.75) is 31.9 Å². The van der Waals surface area contributed by atoms with Gasteiger partial charge in [0.1, 0.15) is 0 Å². The highest BCUT2D eigenvalue weighted by atomic mass is 35.5. The minimum Gasteiger partial charge on any atom is -0.378 e. The van der Waals surface area contributed by atoms with Gasteiger partial charge < -0.3 is 20.3 Å². The Labute approximate surface area is 163 Å². The summed E-state index contributed by atoms with van der Waals surface area (Å²) in [7, 11) is 4.06. The van der Waals surface area contributed by atoms with Gasteiger partial charge in [0.15, 0.2) is 0 Å². The first-order valence-electron chi connectivity index (χ1n) is 8.44. The van der Waals surface area contributed by atoms with E-state index >= 15 is 0 Å². The second-order valence-electron chi connectivity index (χ2n) is 6.44. The maximum Gasteiger partial charge on any atom is 0.253 e. The molecule has 1 aromatic carbocycles. The lowest BCUT2D eigenvalue weighted by Gasteiger charge is -2.32. The van der Waals surface area contributed by atoms with Crippen molar-refractivity contribution < 1.29 is 9.53 Å². The quantitative estimate of drug-likeness (QED) is 0.725. The molecule has 2 rings (SSSR count). The molecule has 0 aromatic heterocycles. The van der Waals surface area contributed by atoms with Crippen LogP contribution < -0.4 is 5.73 Å². The summed E-state index contributed by atoms with van der Waals surface area (Å²) in [4.78, 5) is 16.7. The molecular formula is C18H31Cl2N3O2. The first kappa shape index (κ1) is 24.1. The third-order valence-electron chi connectivity index (χ3n) is 4.10. The smallest absolute Gasteiger partial charge is 0.253 e. The van der Waals surface area contributed by atoms with E-state index in [0.717, 1.165) is 51.1 Å². The van der Waals surface area contributed by atoms with E-state index in [2.05, 4.69) is 11.0 Å². The van der Waals surface area contributed by atoms with Gasteiger partial charge in [0.25, 0.3) is 5.91 Å². The lowest BCUT2D eigenvalue weighted by atomic mass is 10.0. The number of benzene rings is 1. The van der Waals surface area contributed by atoms with E-state index in [9.17, 15) is 4.79 Å². The summed E-state index contributed by atoms with van der Waals surface area (Å²) in [5.74, 6) is 0.131. The molecule has 144 valence electrons. The average molecular weight is 392 g/mol. The largest absolute Gasteiger partial charge is 0.378 e. The number of ether oxygens (including phenoxy) is 1. The Hall–Kier alpha value is -0.850. The van der Waals surface area contributed by atoms with Crippen LogP contribution in [0.3, 0.4) is 0 Å². The summed E-state index contributed by atoms with van der Waals surface area (Å²) < 4.78 is 5.80. The first-order chi connectivity index (χ1) is 11.1. The first-order valence-corrected chi connectivity index (χ1v) is 8.44. The van der Waals surface area contributed by atoms with Crippen LogP contribution in [0.25, 0.3) is 0 Å². The molecule has 1 fully saturated rings. The number of likely N-dealkylation sites (tertiary alicyclic amines) is 1. The summed E-state index contributed by atoms with van der Waals surface area (Å²) >= 11 is 0. The number of hydrogen-bond acceptors (Lipinski definition) is 4. The minimum absolute atomic E-state index is 0. The fourth-order valence-electron chi connectivity index (χ4n) is 2.91. The van der Waals surface area contributed by atoms with Gasteiger partial charge in [-0.05, 0) is 57.6 Å². The fraction of sp³-hybridized carbons (Fsp3) is 0.611. The molecule has 1 aliphatic rings. The molecular weight excluding hydrogens is 361 g/mol. The summed E-state index contributed by atoms with van der Waals surface area (Å²) in [6, 6.07) is 7.94. The Kier molecular flexibility index (Phi) is 12.1. The highest BCUT2D eigenvalue weighted by Crippen LogP contribution is 2.17. The third-order valence-corrected chi connectivity index (χ3v) is 4.10. The Morgan fingerprint density at radius 1 is 1.28 bits per heavy atom. The van der Waals surface area contributed by atoms with Gasteiger partial charge in [0.2, 0.25) is 0 Å². The van der Waals surface area contributed by atoms with Gasteiger partial charge in [-0.25, -0.2) is 0 Å². The zero-order chi connectivity index (χ0) is 16.7. The van der Waals surface area contributed by atoms with E-state index in [0.29, 0.717) is 6.54 Å². The number of hydrogen-bond donors (Lipinski definition) is 1.